The summed E-state index contributed by atoms with van der Waals surface area (Å²) in [5.74, 6) is -0.896. The van der Waals surface area contributed by atoms with Gasteiger partial charge in [-0.25, -0.2) is 8.78 Å². The van der Waals surface area contributed by atoms with Crippen LogP contribution in [0.25, 0.3) is 0 Å². The maximum absolute atomic E-state index is 13.4. The SMILES string of the molecule is C[NH+](CC(=O)Nc1cc(F)ccc1F)Cc1ccco1. The Morgan fingerprint density at radius 3 is 2.85 bits per heavy atom. The van der Waals surface area contributed by atoms with Gasteiger partial charge in [-0.05, 0) is 24.3 Å². The summed E-state index contributed by atoms with van der Waals surface area (Å²) in [6.45, 7) is 0.655. The Bertz CT molecular complexity index is 585. The van der Waals surface area contributed by atoms with Gasteiger partial charge in [-0.3, -0.25) is 4.79 Å². The van der Waals surface area contributed by atoms with Crippen LogP contribution in [0.1, 0.15) is 5.76 Å². The van der Waals surface area contributed by atoms with Crippen molar-refractivity contribution < 1.29 is 22.9 Å². The molecule has 0 spiro atoms. The van der Waals surface area contributed by atoms with Crippen molar-refractivity contribution >= 4 is 11.6 Å². The van der Waals surface area contributed by atoms with Crippen molar-refractivity contribution in [3.05, 3.63) is 54.0 Å². The number of amides is 1. The zero-order valence-corrected chi connectivity index (χ0v) is 11.0. The molecule has 2 N–H and O–H groups in total. The van der Waals surface area contributed by atoms with Crippen LogP contribution in [0, 0.1) is 11.6 Å². The summed E-state index contributed by atoms with van der Waals surface area (Å²) in [6, 6.07) is 6.51. The quantitative estimate of drug-likeness (QED) is 0.865. The molecule has 0 saturated carbocycles. The van der Waals surface area contributed by atoms with Crippen molar-refractivity contribution in [3.63, 3.8) is 0 Å². The molecule has 1 aromatic carbocycles. The molecule has 2 rings (SSSR count). The predicted octanol–water partition coefficient (Wildman–Crippen LogP) is 1.21. The van der Waals surface area contributed by atoms with E-state index in [9.17, 15) is 13.6 Å². The van der Waals surface area contributed by atoms with Gasteiger partial charge in [0.25, 0.3) is 5.91 Å². The summed E-state index contributed by atoms with van der Waals surface area (Å²) in [4.78, 5) is 12.6. The minimum Gasteiger partial charge on any atom is -0.463 e. The number of furan rings is 1. The van der Waals surface area contributed by atoms with Crippen molar-refractivity contribution in [2.75, 3.05) is 18.9 Å². The summed E-state index contributed by atoms with van der Waals surface area (Å²) in [7, 11) is 1.81. The summed E-state index contributed by atoms with van der Waals surface area (Å²) in [5.41, 5.74) is -0.152. The minimum absolute atomic E-state index is 0.122. The van der Waals surface area contributed by atoms with Gasteiger partial charge in [-0.15, -0.1) is 0 Å². The first-order valence-corrected chi connectivity index (χ1v) is 6.13. The first-order valence-electron chi connectivity index (χ1n) is 6.13. The number of hydrogen-bond acceptors (Lipinski definition) is 2. The van der Waals surface area contributed by atoms with Gasteiger partial charge in [0, 0.05) is 6.07 Å². The molecular formula is C14H15F2N2O2+. The van der Waals surface area contributed by atoms with Crippen LogP contribution >= 0.6 is 0 Å². The van der Waals surface area contributed by atoms with E-state index in [-0.39, 0.29) is 12.2 Å². The number of carbonyl (C=O) groups excluding carboxylic acids is 1. The molecule has 106 valence electrons. The highest BCUT2D eigenvalue weighted by atomic mass is 19.1. The first-order chi connectivity index (χ1) is 9.54. The molecule has 0 aliphatic carbocycles. The maximum atomic E-state index is 13.4. The van der Waals surface area contributed by atoms with Crippen LogP contribution in [0.4, 0.5) is 14.5 Å². The predicted molar refractivity (Wildman–Crippen MR) is 69.2 cm³/mol. The van der Waals surface area contributed by atoms with Crippen LogP contribution < -0.4 is 10.2 Å². The third-order valence-electron chi connectivity index (χ3n) is 2.72. The van der Waals surface area contributed by atoms with E-state index < -0.39 is 17.5 Å². The number of nitrogens with one attached hydrogen (secondary N) is 2. The number of halogens is 2. The fourth-order valence-corrected chi connectivity index (χ4v) is 1.83. The van der Waals surface area contributed by atoms with E-state index in [1.54, 1.807) is 12.3 Å². The Labute approximate surface area is 115 Å². The van der Waals surface area contributed by atoms with Crippen molar-refractivity contribution in [2.24, 2.45) is 0 Å². The van der Waals surface area contributed by atoms with Crippen molar-refractivity contribution in [1.82, 2.24) is 0 Å². The van der Waals surface area contributed by atoms with Gasteiger partial charge in [0.05, 0.1) is 19.0 Å². The molecule has 0 radical (unpaired) electrons. The van der Waals surface area contributed by atoms with Crippen LogP contribution in [0.5, 0.6) is 0 Å². The lowest BCUT2D eigenvalue weighted by molar-refractivity contribution is -0.886. The van der Waals surface area contributed by atoms with Gasteiger partial charge >= 0.3 is 0 Å². The Hall–Kier alpha value is -2.21. The normalized spacial score (nSPS) is 12.2. The Morgan fingerprint density at radius 2 is 2.15 bits per heavy atom. The summed E-state index contributed by atoms with van der Waals surface area (Å²) in [5, 5.41) is 2.36. The number of hydrogen-bond donors (Lipinski definition) is 2. The average Bonchev–Trinajstić information content (AvgIpc) is 2.86. The molecule has 1 aromatic heterocycles. The highest BCUT2D eigenvalue weighted by Gasteiger charge is 2.14. The van der Waals surface area contributed by atoms with Gasteiger partial charge in [-0.1, -0.05) is 0 Å². The third kappa shape index (κ3) is 3.89. The number of quaternary nitrogens is 1. The van der Waals surface area contributed by atoms with Crippen LogP contribution in [0.15, 0.2) is 41.0 Å². The minimum atomic E-state index is -0.663. The van der Waals surface area contributed by atoms with Gasteiger partial charge in [0.1, 0.15) is 18.2 Å². The molecule has 1 unspecified atom stereocenters. The van der Waals surface area contributed by atoms with E-state index in [0.717, 1.165) is 28.9 Å². The molecule has 20 heavy (non-hydrogen) atoms. The molecule has 1 heterocycles. The summed E-state index contributed by atoms with van der Waals surface area (Å²) >= 11 is 0. The van der Waals surface area contributed by atoms with Crippen LogP contribution in [0.3, 0.4) is 0 Å². The fourth-order valence-electron chi connectivity index (χ4n) is 1.83. The van der Waals surface area contributed by atoms with Crippen LogP contribution in [-0.4, -0.2) is 19.5 Å². The molecular weight excluding hydrogens is 266 g/mol. The molecule has 0 fully saturated rings. The van der Waals surface area contributed by atoms with Gasteiger partial charge < -0.3 is 14.6 Å². The van der Waals surface area contributed by atoms with E-state index in [4.69, 9.17) is 4.42 Å². The second kappa shape index (κ2) is 6.29. The van der Waals surface area contributed by atoms with Crippen molar-refractivity contribution in [2.45, 2.75) is 6.54 Å². The number of carbonyl (C=O) groups is 1. The molecule has 0 aliphatic heterocycles. The van der Waals surface area contributed by atoms with E-state index in [1.807, 2.05) is 13.1 Å². The molecule has 0 bridgehead atoms. The summed E-state index contributed by atoms with van der Waals surface area (Å²) in [6.07, 6.45) is 1.56. The zero-order valence-electron chi connectivity index (χ0n) is 11.0. The molecule has 1 atom stereocenters. The molecule has 2 aromatic rings. The van der Waals surface area contributed by atoms with E-state index >= 15 is 0 Å². The van der Waals surface area contributed by atoms with Gasteiger partial charge in [-0.2, -0.15) is 0 Å². The third-order valence-corrected chi connectivity index (χ3v) is 2.72. The number of likely N-dealkylation sites (N-methyl/N-ethyl adjacent to an activating group) is 1. The van der Waals surface area contributed by atoms with E-state index in [0.29, 0.717) is 6.54 Å². The summed E-state index contributed by atoms with van der Waals surface area (Å²) < 4.78 is 31.5. The first kappa shape index (κ1) is 14.2. The second-order valence-corrected chi connectivity index (χ2v) is 4.56. The monoisotopic (exact) mass is 281 g/mol. The Morgan fingerprint density at radius 1 is 1.35 bits per heavy atom. The lowest BCUT2D eigenvalue weighted by atomic mass is 10.3. The lowest BCUT2D eigenvalue weighted by Crippen LogP contribution is -3.08. The van der Waals surface area contributed by atoms with Gasteiger partial charge in [0.15, 0.2) is 12.3 Å². The maximum Gasteiger partial charge on any atom is 0.279 e. The average molecular weight is 281 g/mol. The lowest BCUT2D eigenvalue weighted by Gasteiger charge is -2.12. The Balaban J connectivity index is 1.90. The topological polar surface area (TPSA) is 46.7 Å². The van der Waals surface area contributed by atoms with Crippen molar-refractivity contribution in [1.29, 1.82) is 0 Å². The number of benzene rings is 1. The number of rotatable bonds is 5. The standard InChI is InChI=1S/C14H14F2N2O2/c1-18(8-11-3-2-6-20-11)9-14(19)17-13-7-10(15)4-5-12(13)16/h2-7H,8-9H2,1H3,(H,17,19)/p+1. The molecule has 6 heteroatoms. The highest BCUT2D eigenvalue weighted by Crippen LogP contribution is 2.14. The molecule has 0 aliphatic rings. The zero-order chi connectivity index (χ0) is 14.5. The van der Waals surface area contributed by atoms with Gasteiger partial charge in [0.2, 0.25) is 0 Å². The fraction of sp³-hybridized carbons (Fsp3) is 0.214. The van der Waals surface area contributed by atoms with E-state index in [2.05, 4.69) is 5.32 Å². The Kier molecular flexibility index (Phi) is 4.47. The van der Waals surface area contributed by atoms with Crippen LogP contribution in [-0.2, 0) is 11.3 Å². The van der Waals surface area contributed by atoms with E-state index in [1.165, 1.54) is 0 Å². The van der Waals surface area contributed by atoms with Crippen molar-refractivity contribution in [3.8, 4) is 0 Å². The smallest absolute Gasteiger partial charge is 0.279 e. The largest absolute Gasteiger partial charge is 0.463 e. The molecule has 4 nitrogen and oxygen atoms in total. The molecule has 1 amide bonds. The molecule has 0 saturated heterocycles. The highest BCUT2D eigenvalue weighted by molar-refractivity contribution is 5.91. The number of anilines is 1. The second-order valence-electron chi connectivity index (χ2n) is 4.56. The van der Waals surface area contributed by atoms with Crippen LogP contribution in [0.2, 0.25) is 0 Å².